The van der Waals surface area contributed by atoms with Gasteiger partial charge in [0.1, 0.15) is 12.4 Å². The van der Waals surface area contributed by atoms with Crippen molar-refractivity contribution >= 4 is 17.2 Å². The summed E-state index contributed by atoms with van der Waals surface area (Å²) in [6.45, 7) is 4.00. The average Bonchev–Trinajstić information content (AvgIpc) is 2.96. The van der Waals surface area contributed by atoms with Gasteiger partial charge in [-0.1, -0.05) is 13.0 Å². The zero-order valence-corrected chi connectivity index (χ0v) is 12.7. The zero-order chi connectivity index (χ0) is 14.7. The van der Waals surface area contributed by atoms with Crippen molar-refractivity contribution in [1.82, 2.24) is 10.6 Å². The van der Waals surface area contributed by atoms with E-state index < -0.39 is 0 Å². The first-order valence-electron chi connectivity index (χ1n) is 7.10. The second-order valence-corrected chi connectivity index (χ2v) is 5.69. The fourth-order valence-corrected chi connectivity index (χ4v) is 3.21. The largest absolute Gasteiger partial charge is 0.491 e. The van der Waals surface area contributed by atoms with Crippen LogP contribution >= 0.6 is 11.3 Å². The molecule has 0 fully saturated rings. The predicted octanol–water partition coefficient (Wildman–Crippen LogP) is 2.57. The quantitative estimate of drug-likeness (QED) is 0.912. The van der Waals surface area contributed by atoms with E-state index in [0.717, 1.165) is 12.1 Å². The van der Waals surface area contributed by atoms with E-state index in [1.54, 1.807) is 11.3 Å². The smallest absolute Gasteiger partial charge is 0.255 e. The first-order chi connectivity index (χ1) is 10.3. The third kappa shape index (κ3) is 2.94. The van der Waals surface area contributed by atoms with Crippen LogP contribution in [0.1, 0.15) is 34.5 Å². The summed E-state index contributed by atoms with van der Waals surface area (Å²) < 4.78 is 5.60. The molecule has 4 nitrogen and oxygen atoms in total. The predicted molar refractivity (Wildman–Crippen MR) is 84.1 cm³/mol. The standard InChI is InChI=1S/C16H18N2O2S/c1-2-17-15(12-5-8-21-10-12)11-3-4-14-13(9-11)16(19)18-6-7-20-14/h3-5,8-10,15,17H,2,6-7H2,1H3,(H,18,19). The number of carbonyl (C=O) groups is 1. The van der Waals surface area contributed by atoms with Gasteiger partial charge in [0.2, 0.25) is 0 Å². The maximum absolute atomic E-state index is 12.1. The molecule has 0 saturated carbocycles. The molecule has 0 saturated heterocycles. The maximum atomic E-state index is 12.1. The summed E-state index contributed by atoms with van der Waals surface area (Å²) in [5.41, 5.74) is 2.91. The van der Waals surface area contributed by atoms with Crippen molar-refractivity contribution in [2.24, 2.45) is 0 Å². The summed E-state index contributed by atoms with van der Waals surface area (Å²) in [5, 5.41) is 10.5. The number of benzene rings is 1. The molecule has 110 valence electrons. The lowest BCUT2D eigenvalue weighted by Gasteiger charge is -2.18. The molecule has 3 rings (SSSR count). The summed E-state index contributed by atoms with van der Waals surface area (Å²) in [6, 6.07) is 8.07. The van der Waals surface area contributed by atoms with E-state index in [-0.39, 0.29) is 11.9 Å². The van der Waals surface area contributed by atoms with E-state index in [2.05, 4.69) is 34.4 Å². The van der Waals surface area contributed by atoms with E-state index in [4.69, 9.17) is 4.74 Å². The summed E-state index contributed by atoms with van der Waals surface area (Å²) in [7, 11) is 0. The fraction of sp³-hybridized carbons (Fsp3) is 0.312. The number of hydrogen-bond acceptors (Lipinski definition) is 4. The van der Waals surface area contributed by atoms with Crippen LogP contribution in [-0.4, -0.2) is 25.6 Å². The molecule has 0 bridgehead atoms. The van der Waals surface area contributed by atoms with Crippen molar-refractivity contribution in [3.63, 3.8) is 0 Å². The topological polar surface area (TPSA) is 50.4 Å². The normalized spacial score (nSPS) is 15.6. The van der Waals surface area contributed by atoms with Crippen molar-refractivity contribution in [2.45, 2.75) is 13.0 Å². The molecule has 1 unspecified atom stereocenters. The highest BCUT2D eigenvalue weighted by Gasteiger charge is 2.20. The van der Waals surface area contributed by atoms with Crippen LogP contribution in [0.3, 0.4) is 0 Å². The van der Waals surface area contributed by atoms with Crippen LogP contribution in [0.15, 0.2) is 35.0 Å². The van der Waals surface area contributed by atoms with Crippen LogP contribution in [0.25, 0.3) is 0 Å². The Kier molecular flexibility index (Phi) is 4.22. The molecule has 2 N–H and O–H groups in total. The highest BCUT2D eigenvalue weighted by Crippen LogP contribution is 2.29. The Morgan fingerprint density at radius 2 is 2.29 bits per heavy atom. The van der Waals surface area contributed by atoms with Crippen molar-refractivity contribution in [2.75, 3.05) is 19.7 Å². The first kappa shape index (κ1) is 14.1. The van der Waals surface area contributed by atoms with E-state index in [9.17, 15) is 4.79 Å². The Bertz CT molecular complexity index is 625. The fourth-order valence-electron chi connectivity index (χ4n) is 2.52. The SMILES string of the molecule is CCNC(c1ccsc1)c1ccc2c(c1)C(=O)NCCO2. The molecule has 2 aromatic rings. The van der Waals surface area contributed by atoms with Crippen LogP contribution in [-0.2, 0) is 0 Å². The monoisotopic (exact) mass is 302 g/mol. The van der Waals surface area contributed by atoms with E-state index in [1.807, 2.05) is 18.2 Å². The summed E-state index contributed by atoms with van der Waals surface area (Å²) >= 11 is 1.68. The minimum Gasteiger partial charge on any atom is -0.491 e. The number of amides is 1. The summed E-state index contributed by atoms with van der Waals surface area (Å²) in [6.07, 6.45) is 0. The third-order valence-corrected chi connectivity index (χ3v) is 4.21. The molecular weight excluding hydrogens is 284 g/mol. The molecule has 1 aliphatic rings. The number of rotatable bonds is 4. The van der Waals surface area contributed by atoms with E-state index >= 15 is 0 Å². The first-order valence-corrected chi connectivity index (χ1v) is 8.04. The van der Waals surface area contributed by atoms with Crippen LogP contribution in [0.2, 0.25) is 0 Å². The lowest BCUT2D eigenvalue weighted by molar-refractivity contribution is 0.0957. The highest BCUT2D eigenvalue weighted by molar-refractivity contribution is 7.08. The second kappa shape index (κ2) is 6.28. The van der Waals surface area contributed by atoms with Gasteiger partial charge in [-0.15, -0.1) is 0 Å². The molecule has 0 radical (unpaired) electrons. The molecule has 1 aromatic carbocycles. The van der Waals surface area contributed by atoms with Crippen LogP contribution in [0.5, 0.6) is 5.75 Å². The molecule has 1 aliphatic heterocycles. The Morgan fingerprint density at radius 1 is 1.38 bits per heavy atom. The molecule has 2 heterocycles. The molecule has 0 spiro atoms. The minimum atomic E-state index is -0.0649. The van der Waals surface area contributed by atoms with Gasteiger partial charge in [-0.05, 0) is 46.6 Å². The number of ether oxygens (including phenoxy) is 1. The highest BCUT2D eigenvalue weighted by atomic mass is 32.1. The number of carbonyl (C=O) groups excluding carboxylic acids is 1. The zero-order valence-electron chi connectivity index (χ0n) is 11.9. The van der Waals surface area contributed by atoms with Gasteiger partial charge in [-0.25, -0.2) is 0 Å². The lowest BCUT2D eigenvalue weighted by Crippen LogP contribution is -2.25. The Morgan fingerprint density at radius 3 is 3.05 bits per heavy atom. The molecule has 1 atom stereocenters. The summed E-state index contributed by atoms with van der Waals surface area (Å²) in [4.78, 5) is 12.1. The molecular formula is C16H18N2O2S. The molecule has 1 aromatic heterocycles. The van der Waals surface area contributed by atoms with E-state index in [0.29, 0.717) is 24.5 Å². The number of hydrogen-bond donors (Lipinski definition) is 2. The van der Waals surface area contributed by atoms with Gasteiger partial charge < -0.3 is 15.4 Å². The Balaban J connectivity index is 1.99. The van der Waals surface area contributed by atoms with Gasteiger partial charge in [-0.2, -0.15) is 11.3 Å². The average molecular weight is 302 g/mol. The molecule has 1 amide bonds. The molecule has 21 heavy (non-hydrogen) atoms. The van der Waals surface area contributed by atoms with Gasteiger partial charge in [0.15, 0.2) is 0 Å². The van der Waals surface area contributed by atoms with Crippen LogP contribution in [0.4, 0.5) is 0 Å². The van der Waals surface area contributed by atoms with Gasteiger partial charge >= 0.3 is 0 Å². The van der Waals surface area contributed by atoms with Crippen LogP contribution in [0, 0.1) is 0 Å². The minimum absolute atomic E-state index is 0.0649. The van der Waals surface area contributed by atoms with Gasteiger partial charge in [0.25, 0.3) is 5.91 Å². The van der Waals surface area contributed by atoms with Crippen molar-refractivity contribution in [3.05, 3.63) is 51.7 Å². The third-order valence-electron chi connectivity index (χ3n) is 3.51. The maximum Gasteiger partial charge on any atom is 0.255 e. The van der Waals surface area contributed by atoms with E-state index in [1.165, 1.54) is 5.56 Å². The van der Waals surface area contributed by atoms with Crippen molar-refractivity contribution < 1.29 is 9.53 Å². The Hall–Kier alpha value is -1.85. The van der Waals surface area contributed by atoms with Gasteiger partial charge in [0, 0.05) is 0 Å². The number of thiophene rings is 1. The van der Waals surface area contributed by atoms with Gasteiger partial charge in [-0.3, -0.25) is 4.79 Å². The van der Waals surface area contributed by atoms with Gasteiger partial charge in [0.05, 0.1) is 18.2 Å². The number of nitrogens with one attached hydrogen (secondary N) is 2. The van der Waals surface area contributed by atoms with Crippen LogP contribution < -0.4 is 15.4 Å². The second-order valence-electron chi connectivity index (χ2n) is 4.91. The summed E-state index contributed by atoms with van der Waals surface area (Å²) in [5.74, 6) is 0.597. The number of fused-ring (bicyclic) bond motifs is 1. The molecule has 5 heteroatoms. The molecule has 0 aliphatic carbocycles. The van der Waals surface area contributed by atoms with Crippen molar-refractivity contribution in [1.29, 1.82) is 0 Å². The lowest BCUT2D eigenvalue weighted by atomic mass is 9.98. The Labute approximate surface area is 128 Å². The van der Waals surface area contributed by atoms with Crippen molar-refractivity contribution in [3.8, 4) is 5.75 Å².